The monoisotopic (exact) mass is 563 g/mol. The standard InChI is InChI=1S/C25H30ClN5O8/c26-16-14-15(5-6-17(16)38-24-21(34)19(32)20(33)22(39-24)23(35)36)29-12-10-28(11-13-29)7-3-9-31-25(37)30-8-2-1-4-18(30)27-31/h1-2,4-6,8,14,19-22,24,32-34H,3,7,9-13H2,(H,35,36)/t19-,20-,21+,22-,24+/m0/s1. The summed E-state index contributed by atoms with van der Waals surface area (Å²) in [6.07, 6.45) is -6.03. The van der Waals surface area contributed by atoms with Crippen LogP contribution in [0.25, 0.3) is 5.65 Å². The van der Waals surface area contributed by atoms with E-state index in [9.17, 15) is 30.0 Å². The first-order chi connectivity index (χ1) is 18.7. The Kier molecular flexibility index (Phi) is 8.07. The number of aromatic nitrogens is 3. The number of carbonyl (C=O) groups is 1. The van der Waals surface area contributed by atoms with Gasteiger partial charge in [0.15, 0.2) is 11.8 Å². The van der Waals surface area contributed by atoms with E-state index in [-0.39, 0.29) is 16.5 Å². The number of aryl methyl sites for hydroxylation is 1. The minimum atomic E-state index is -1.80. The second-order valence-electron chi connectivity index (χ2n) is 9.58. The van der Waals surface area contributed by atoms with Crippen LogP contribution in [0.15, 0.2) is 47.4 Å². The van der Waals surface area contributed by atoms with Gasteiger partial charge in [-0.1, -0.05) is 17.7 Å². The molecule has 2 saturated heterocycles. The second-order valence-corrected chi connectivity index (χ2v) is 9.99. The molecule has 13 nitrogen and oxygen atoms in total. The summed E-state index contributed by atoms with van der Waals surface area (Å²) in [7, 11) is 0. The highest BCUT2D eigenvalue weighted by molar-refractivity contribution is 6.32. The number of nitrogens with zero attached hydrogens (tertiary/aromatic N) is 5. The fourth-order valence-electron chi connectivity index (χ4n) is 4.84. The summed E-state index contributed by atoms with van der Waals surface area (Å²) < 4.78 is 13.8. The van der Waals surface area contributed by atoms with Crippen molar-refractivity contribution in [1.82, 2.24) is 19.1 Å². The third kappa shape index (κ3) is 5.73. The van der Waals surface area contributed by atoms with Gasteiger partial charge in [0.1, 0.15) is 24.1 Å². The number of hydrogen-bond acceptors (Lipinski definition) is 10. The Morgan fingerprint density at radius 3 is 2.51 bits per heavy atom. The third-order valence-corrected chi connectivity index (χ3v) is 7.34. The SMILES string of the molecule is O=C(O)[C@H]1O[C@@H](Oc2ccc(N3CCN(CCCn4nc5ccccn5c4=O)CC3)cc2Cl)[C@H](O)[C@@H](O)[C@@H]1O. The van der Waals surface area contributed by atoms with E-state index in [1.165, 1.54) is 9.08 Å². The van der Waals surface area contributed by atoms with Crippen molar-refractivity contribution in [2.45, 2.75) is 43.7 Å². The van der Waals surface area contributed by atoms with Crippen LogP contribution in [0.5, 0.6) is 5.75 Å². The fraction of sp³-hybridized carbons (Fsp3) is 0.480. The van der Waals surface area contributed by atoms with E-state index in [0.29, 0.717) is 12.2 Å². The Balaban J connectivity index is 1.13. The van der Waals surface area contributed by atoms with E-state index < -0.39 is 36.7 Å². The number of rotatable bonds is 8. The minimum absolute atomic E-state index is 0.137. The van der Waals surface area contributed by atoms with E-state index >= 15 is 0 Å². The number of hydrogen-bond donors (Lipinski definition) is 4. The lowest BCUT2D eigenvalue weighted by Crippen LogP contribution is -2.61. The van der Waals surface area contributed by atoms with E-state index in [1.54, 1.807) is 36.5 Å². The maximum Gasteiger partial charge on any atom is 0.350 e. The molecule has 0 saturated carbocycles. The lowest BCUT2D eigenvalue weighted by Gasteiger charge is -2.38. The van der Waals surface area contributed by atoms with Gasteiger partial charge in [-0.05, 0) is 36.8 Å². The van der Waals surface area contributed by atoms with Crippen LogP contribution < -0.4 is 15.3 Å². The van der Waals surface area contributed by atoms with Gasteiger partial charge < -0.3 is 34.8 Å². The predicted molar refractivity (Wildman–Crippen MR) is 139 cm³/mol. The summed E-state index contributed by atoms with van der Waals surface area (Å²) in [6.45, 7) is 4.56. The van der Waals surface area contributed by atoms with Crippen LogP contribution in [-0.2, 0) is 16.1 Å². The van der Waals surface area contributed by atoms with Crippen molar-refractivity contribution in [2.75, 3.05) is 37.6 Å². The molecular formula is C25H30ClN5O8. The molecular weight excluding hydrogens is 534 g/mol. The number of piperazine rings is 1. The molecule has 0 aliphatic carbocycles. The van der Waals surface area contributed by atoms with Gasteiger partial charge in [0.2, 0.25) is 6.29 Å². The third-order valence-electron chi connectivity index (χ3n) is 7.04. The Morgan fingerprint density at radius 1 is 1.05 bits per heavy atom. The van der Waals surface area contributed by atoms with Crippen LogP contribution in [0.1, 0.15) is 6.42 Å². The maximum absolute atomic E-state index is 12.4. The zero-order valence-electron chi connectivity index (χ0n) is 20.9. The second kappa shape index (κ2) is 11.5. The number of benzene rings is 1. The molecule has 4 N–H and O–H groups in total. The van der Waals surface area contributed by atoms with E-state index in [0.717, 1.165) is 44.8 Å². The van der Waals surface area contributed by atoms with Gasteiger partial charge >= 0.3 is 11.7 Å². The summed E-state index contributed by atoms with van der Waals surface area (Å²) in [5.74, 6) is -1.36. The van der Waals surface area contributed by atoms with Crippen LogP contribution in [0.2, 0.25) is 5.02 Å². The van der Waals surface area contributed by atoms with Gasteiger partial charge in [-0.15, -0.1) is 5.10 Å². The Hall–Kier alpha value is -3.20. The number of carboxylic acid groups (broad SMARTS) is 1. The normalized spacial score (nSPS) is 26.2. The first-order valence-electron chi connectivity index (χ1n) is 12.6. The first kappa shape index (κ1) is 27.4. The molecule has 39 heavy (non-hydrogen) atoms. The molecule has 0 unspecified atom stereocenters. The molecule has 5 rings (SSSR count). The summed E-state index contributed by atoms with van der Waals surface area (Å²) >= 11 is 6.41. The number of aliphatic carboxylic acids is 1. The average Bonchev–Trinajstić information content (AvgIpc) is 3.25. The van der Waals surface area contributed by atoms with Crippen LogP contribution in [0, 0.1) is 0 Å². The predicted octanol–water partition coefficient (Wildman–Crippen LogP) is -0.367. The molecule has 0 radical (unpaired) electrons. The van der Waals surface area contributed by atoms with E-state index in [4.69, 9.17) is 21.1 Å². The van der Waals surface area contributed by atoms with Crippen LogP contribution in [0.4, 0.5) is 5.69 Å². The Bertz CT molecular complexity index is 1370. The number of aliphatic hydroxyl groups excluding tert-OH is 3. The fourth-order valence-corrected chi connectivity index (χ4v) is 5.06. The van der Waals surface area contributed by atoms with Crippen molar-refractivity contribution in [1.29, 1.82) is 0 Å². The molecule has 0 amide bonds. The molecule has 0 spiro atoms. The molecule has 14 heteroatoms. The van der Waals surface area contributed by atoms with Gasteiger partial charge in [0.05, 0.1) is 5.02 Å². The van der Waals surface area contributed by atoms with E-state index in [2.05, 4.69) is 14.9 Å². The maximum atomic E-state index is 12.4. The van der Waals surface area contributed by atoms with Crippen molar-refractivity contribution < 1.29 is 34.7 Å². The molecule has 2 aliphatic heterocycles. The molecule has 1 aromatic carbocycles. The molecule has 5 atom stereocenters. The van der Waals surface area contributed by atoms with Gasteiger partial charge in [-0.25, -0.2) is 14.3 Å². The molecule has 3 aromatic rings. The van der Waals surface area contributed by atoms with Gasteiger partial charge in [0.25, 0.3) is 0 Å². The van der Waals surface area contributed by atoms with Crippen molar-refractivity contribution in [3.05, 3.63) is 58.1 Å². The van der Waals surface area contributed by atoms with E-state index in [1.807, 2.05) is 6.07 Å². The Labute approximate surface area is 228 Å². The highest BCUT2D eigenvalue weighted by Gasteiger charge is 2.48. The van der Waals surface area contributed by atoms with Crippen molar-refractivity contribution >= 4 is 28.9 Å². The summed E-state index contributed by atoms with van der Waals surface area (Å²) in [5.41, 5.74) is 1.36. The van der Waals surface area contributed by atoms with Gasteiger partial charge in [-0.3, -0.25) is 9.30 Å². The molecule has 2 fully saturated rings. The summed E-state index contributed by atoms with van der Waals surface area (Å²) in [5, 5.41) is 43.8. The molecule has 210 valence electrons. The molecule has 4 heterocycles. The van der Waals surface area contributed by atoms with Crippen molar-refractivity contribution in [3.8, 4) is 5.75 Å². The topological polar surface area (TPSA) is 162 Å². The highest BCUT2D eigenvalue weighted by Crippen LogP contribution is 2.33. The van der Waals surface area contributed by atoms with Crippen LogP contribution in [0.3, 0.4) is 0 Å². The molecule has 2 aromatic heterocycles. The number of aliphatic hydroxyl groups is 3. The zero-order chi connectivity index (χ0) is 27.7. The average molecular weight is 564 g/mol. The number of anilines is 1. The first-order valence-corrected chi connectivity index (χ1v) is 13.0. The van der Waals surface area contributed by atoms with Crippen LogP contribution in [-0.4, -0.2) is 109 Å². The summed E-state index contributed by atoms with van der Waals surface area (Å²) in [6, 6.07) is 10.5. The number of carboxylic acids is 1. The lowest BCUT2D eigenvalue weighted by atomic mass is 9.99. The van der Waals surface area contributed by atoms with Crippen LogP contribution >= 0.6 is 11.6 Å². The Morgan fingerprint density at radius 2 is 1.82 bits per heavy atom. The zero-order valence-corrected chi connectivity index (χ0v) is 21.7. The highest BCUT2D eigenvalue weighted by atomic mass is 35.5. The van der Waals surface area contributed by atoms with Gasteiger partial charge in [-0.2, -0.15) is 0 Å². The lowest BCUT2D eigenvalue weighted by molar-refractivity contribution is -0.271. The number of fused-ring (bicyclic) bond motifs is 1. The molecule has 0 bridgehead atoms. The number of ether oxygens (including phenoxy) is 2. The smallest absolute Gasteiger partial charge is 0.350 e. The number of halogens is 1. The van der Waals surface area contributed by atoms with Gasteiger partial charge in [0, 0.05) is 51.2 Å². The minimum Gasteiger partial charge on any atom is -0.479 e. The molecule has 2 aliphatic rings. The number of pyridine rings is 1. The van der Waals surface area contributed by atoms with Crippen molar-refractivity contribution in [2.24, 2.45) is 0 Å². The largest absolute Gasteiger partial charge is 0.479 e. The summed E-state index contributed by atoms with van der Waals surface area (Å²) in [4.78, 5) is 28.2. The van der Waals surface area contributed by atoms with Crippen molar-refractivity contribution in [3.63, 3.8) is 0 Å². The quantitative estimate of drug-likeness (QED) is 0.283.